The van der Waals surface area contributed by atoms with Gasteiger partial charge in [-0.05, 0) is 23.1 Å². The van der Waals surface area contributed by atoms with Gasteiger partial charge in [-0.3, -0.25) is 9.59 Å². The molecule has 0 spiro atoms. The van der Waals surface area contributed by atoms with Crippen molar-refractivity contribution in [1.82, 2.24) is 0 Å². The van der Waals surface area contributed by atoms with Crippen LogP contribution in [0.3, 0.4) is 0 Å². The molecule has 3 aliphatic rings. The zero-order chi connectivity index (χ0) is 16.9. The highest BCUT2D eigenvalue weighted by Gasteiger charge is 2.49. The van der Waals surface area contributed by atoms with Gasteiger partial charge >= 0.3 is 0 Å². The van der Waals surface area contributed by atoms with Gasteiger partial charge in [0.2, 0.25) is 0 Å². The second-order valence-electron chi connectivity index (χ2n) is 7.92. The average Bonchev–Trinajstić information content (AvgIpc) is 2.52. The van der Waals surface area contributed by atoms with Crippen molar-refractivity contribution in [2.75, 3.05) is 0 Å². The molecule has 0 amide bonds. The number of allylic oxidation sites excluding steroid dienone is 2. The molecular formula is C21H22O3. The number of benzene rings is 1. The smallest absolute Gasteiger partial charge is 0.144 e. The minimum atomic E-state index is -0.549. The molecule has 1 fully saturated rings. The predicted molar refractivity (Wildman–Crippen MR) is 91.9 cm³/mol. The summed E-state index contributed by atoms with van der Waals surface area (Å²) in [7, 11) is 0. The van der Waals surface area contributed by atoms with E-state index in [0.717, 1.165) is 11.3 Å². The molecule has 0 radical (unpaired) electrons. The first kappa shape index (κ1) is 15.4. The number of hydrogen-bond acceptors (Lipinski definition) is 3. The van der Waals surface area contributed by atoms with Crippen molar-refractivity contribution in [2.24, 2.45) is 17.3 Å². The minimum absolute atomic E-state index is 0.0315. The van der Waals surface area contributed by atoms with Crippen molar-refractivity contribution in [2.45, 2.75) is 38.7 Å². The number of para-hydroxylation sites is 1. The van der Waals surface area contributed by atoms with E-state index in [4.69, 9.17) is 4.74 Å². The van der Waals surface area contributed by atoms with E-state index in [1.54, 1.807) is 0 Å². The first-order valence-electron chi connectivity index (χ1n) is 8.62. The zero-order valence-corrected chi connectivity index (χ0v) is 14.1. The van der Waals surface area contributed by atoms with E-state index < -0.39 is 5.92 Å². The zero-order valence-electron chi connectivity index (χ0n) is 14.1. The monoisotopic (exact) mass is 322 g/mol. The lowest BCUT2D eigenvalue weighted by Crippen LogP contribution is -2.46. The summed E-state index contributed by atoms with van der Waals surface area (Å²) in [6, 6.07) is 7.83. The second-order valence-corrected chi connectivity index (χ2v) is 7.92. The van der Waals surface area contributed by atoms with Crippen molar-refractivity contribution in [3.05, 3.63) is 54.1 Å². The molecule has 3 nitrogen and oxygen atoms in total. The van der Waals surface area contributed by atoms with Crippen LogP contribution < -0.4 is 4.74 Å². The summed E-state index contributed by atoms with van der Waals surface area (Å²) >= 11 is 0. The van der Waals surface area contributed by atoms with Gasteiger partial charge in [0, 0.05) is 24.7 Å². The van der Waals surface area contributed by atoms with Crippen LogP contribution in [0.15, 0.2) is 48.6 Å². The number of fused-ring (bicyclic) bond motifs is 2. The fraction of sp³-hybridized carbons (Fsp3) is 0.429. The Hall–Kier alpha value is -2.16. The van der Waals surface area contributed by atoms with Gasteiger partial charge in [0.05, 0.1) is 5.92 Å². The van der Waals surface area contributed by atoms with E-state index in [0.29, 0.717) is 12.8 Å². The lowest BCUT2D eigenvalue weighted by Gasteiger charge is -2.43. The minimum Gasteiger partial charge on any atom is -0.485 e. The second kappa shape index (κ2) is 5.44. The lowest BCUT2D eigenvalue weighted by molar-refractivity contribution is -0.141. The maximum Gasteiger partial charge on any atom is 0.144 e. The fourth-order valence-corrected chi connectivity index (χ4v) is 4.47. The Bertz CT molecular complexity index is 736. The maximum absolute atomic E-state index is 12.9. The van der Waals surface area contributed by atoms with Crippen molar-refractivity contribution in [1.29, 1.82) is 0 Å². The van der Waals surface area contributed by atoms with Crippen molar-refractivity contribution in [3.8, 4) is 5.75 Å². The van der Waals surface area contributed by atoms with E-state index >= 15 is 0 Å². The van der Waals surface area contributed by atoms with Crippen LogP contribution in [0, 0.1) is 17.3 Å². The van der Waals surface area contributed by atoms with Gasteiger partial charge in [-0.2, -0.15) is 0 Å². The van der Waals surface area contributed by atoms with Gasteiger partial charge in [-0.25, -0.2) is 0 Å². The SMILES string of the molecule is CC1(C)CC(=O)C([C@H]2c3ccccc3O[C@H]3C=CC=C[C@@H]32)C(=O)C1. The average molecular weight is 322 g/mol. The molecule has 0 N–H and O–H groups in total. The fourth-order valence-electron chi connectivity index (χ4n) is 4.47. The molecule has 4 rings (SSSR count). The molecule has 1 saturated carbocycles. The van der Waals surface area contributed by atoms with Crippen molar-refractivity contribution in [3.63, 3.8) is 0 Å². The molecule has 124 valence electrons. The Balaban J connectivity index is 1.80. The first-order valence-corrected chi connectivity index (χ1v) is 8.62. The van der Waals surface area contributed by atoms with Crippen molar-refractivity contribution < 1.29 is 14.3 Å². The molecule has 1 aromatic rings. The quantitative estimate of drug-likeness (QED) is 0.738. The number of hydrogen-bond donors (Lipinski definition) is 0. The lowest BCUT2D eigenvalue weighted by atomic mass is 9.62. The van der Waals surface area contributed by atoms with Crippen LogP contribution in [0.5, 0.6) is 5.75 Å². The van der Waals surface area contributed by atoms with Crippen LogP contribution in [-0.2, 0) is 9.59 Å². The van der Waals surface area contributed by atoms with Gasteiger partial charge in [0.15, 0.2) is 0 Å². The molecule has 0 aromatic heterocycles. The highest BCUT2D eigenvalue weighted by Crippen LogP contribution is 2.49. The Morgan fingerprint density at radius 3 is 2.42 bits per heavy atom. The molecule has 0 bridgehead atoms. The molecule has 3 atom stereocenters. The Morgan fingerprint density at radius 1 is 1.00 bits per heavy atom. The van der Waals surface area contributed by atoms with Crippen LogP contribution >= 0.6 is 0 Å². The molecular weight excluding hydrogens is 300 g/mol. The molecule has 1 heterocycles. The standard InChI is InChI=1S/C21H22O3/c1-21(2)11-15(22)20(16(23)12-21)19-13-7-3-5-9-17(13)24-18-10-6-4-8-14(18)19/h3-10,13,17,19-20H,11-12H2,1-2H3/t13-,17-,19+/m0/s1. The summed E-state index contributed by atoms with van der Waals surface area (Å²) < 4.78 is 6.11. The molecule has 0 unspecified atom stereocenters. The third-order valence-electron chi connectivity index (χ3n) is 5.44. The molecule has 1 aliphatic heterocycles. The van der Waals surface area contributed by atoms with E-state index in [2.05, 4.69) is 6.08 Å². The van der Waals surface area contributed by atoms with Crippen LogP contribution in [0.2, 0.25) is 0 Å². The first-order chi connectivity index (χ1) is 11.5. The van der Waals surface area contributed by atoms with E-state index in [1.807, 2.05) is 56.3 Å². The summed E-state index contributed by atoms with van der Waals surface area (Å²) in [5.41, 5.74) is 0.766. The van der Waals surface area contributed by atoms with Crippen LogP contribution in [0.4, 0.5) is 0 Å². The summed E-state index contributed by atoms with van der Waals surface area (Å²) in [4.78, 5) is 25.8. The largest absolute Gasteiger partial charge is 0.485 e. The van der Waals surface area contributed by atoms with Gasteiger partial charge < -0.3 is 4.74 Å². The third kappa shape index (κ3) is 2.43. The highest BCUT2D eigenvalue weighted by molar-refractivity contribution is 6.06. The van der Waals surface area contributed by atoms with Crippen LogP contribution in [0.1, 0.15) is 38.2 Å². The van der Waals surface area contributed by atoms with Crippen LogP contribution in [-0.4, -0.2) is 17.7 Å². The number of ketones is 2. The number of Topliss-reactive ketones (excluding diaryl/α,β-unsaturated/α-hetero) is 2. The summed E-state index contributed by atoms with van der Waals surface area (Å²) in [6.45, 7) is 4.01. The molecule has 1 aromatic carbocycles. The number of carbonyl (C=O) groups excluding carboxylic acids is 2. The molecule has 0 saturated heterocycles. The van der Waals surface area contributed by atoms with Gasteiger partial charge in [-0.1, -0.05) is 50.3 Å². The Kier molecular flexibility index (Phi) is 3.48. The normalized spacial score (nSPS) is 31.3. The summed E-state index contributed by atoms with van der Waals surface area (Å²) in [6.07, 6.45) is 8.92. The number of rotatable bonds is 1. The van der Waals surface area contributed by atoms with E-state index in [-0.39, 0.29) is 34.9 Å². The Labute approximate surface area is 142 Å². The van der Waals surface area contributed by atoms with Gasteiger partial charge in [-0.15, -0.1) is 0 Å². The summed E-state index contributed by atoms with van der Waals surface area (Å²) in [5.74, 6) is 0.321. The van der Waals surface area contributed by atoms with Gasteiger partial charge in [0.25, 0.3) is 0 Å². The van der Waals surface area contributed by atoms with Gasteiger partial charge in [0.1, 0.15) is 23.4 Å². The molecule has 3 heteroatoms. The van der Waals surface area contributed by atoms with E-state index in [9.17, 15) is 9.59 Å². The third-order valence-corrected chi connectivity index (χ3v) is 5.44. The number of carbonyl (C=O) groups is 2. The van der Waals surface area contributed by atoms with Crippen molar-refractivity contribution >= 4 is 11.6 Å². The maximum atomic E-state index is 12.9. The summed E-state index contributed by atoms with van der Waals surface area (Å²) in [5, 5.41) is 0. The number of ether oxygens (including phenoxy) is 1. The molecule has 2 aliphatic carbocycles. The molecule has 24 heavy (non-hydrogen) atoms. The van der Waals surface area contributed by atoms with Crippen LogP contribution in [0.25, 0.3) is 0 Å². The topological polar surface area (TPSA) is 43.4 Å². The van der Waals surface area contributed by atoms with E-state index in [1.165, 1.54) is 0 Å². The Morgan fingerprint density at radius 2 is 1.67 bits per heavy atom. The highest BCUT2D eigenvalue weighted by atomic mass is 16.5. The predicted octanol–water partition coefficient (Wildman–Crippen LogP) is 3.85.